The first-order valence-corrected chi connectivity index (χ1v) is 5.35. The molecular weight excluding hydrogens is 229 g/mol. The van der Waals surface area contributed by atoms with Crippen LogP contribution in [0, 0.1) is 5.82 Å². The smallest absolute Gasteiger partial charge is 0.299 e. The summed E-state index contributed by atoms with van der Waals surface area (Å²) >= 11 is 1.41. The van der Waals surface area contributed by atoms with Gasteiger partial charge in [-0.2, -0.15) is 0 Å². The molecule has 0 aliphatic rings. The molecule has 0 unspecified atom stereocenters. The quantitative estimate of drug-likeness (QED) is 0.843. The van der Waals surface area contributed by atoms with Crippen LogP contribution in [0.3, 0.4) is 0 Å². The Kier molecular flexibility index (Phi) is 3.11. The highest BCUT2D eigenvalue weighted by atomic mass is 32.1. The standard InChI is InChI=1S/C10H8FN3OS/c11-7-3-4-8(12-6-7)13-10(15)14-9-2-1-5-16-9/h1-6H,(H2,12,13,14,15). The van der Waals surface area contributed by atoms with E-state index >= 15 is 0 Å². The summed E-state index contributed by atoms with van der Waals surface area (Å²) < 4.78 is 12.5. The Morgan fingerprint density at radius 1 is 1.31 bits per heavy atom. The molecule has 2 N–H and O–H groups in total. The average molecular weight is 237 g/mol. The fourth-order valence-electron chi connectivity index (χ4n) is 1.06. The first-order valence-electron chi connectivity index (χ1n) is 4.47. The predicted octanol–water partition coefficient (Wildman–Crippen LogP) is 2.93. The van der Waals surface area contributed by atoms with E-state index in [0.717, 1.165) is 11.2 Å². The van der Waals surface area contributed by atoms with E-state index in [9.17, 15) is 9.18 Å². The molecule has 0 atom stereocenters. The second-order valence-electron chi connectivity index (χ2n) is 2.92. The van der Waals surface area contributed by atoms with Crippen molar-refractivity contribution in [2.24, 2.45) is 0 Å². The van der Waals surface area contributed by atoms with Crippen LogP contribution < -0.4 is 10.6 Å². The maximum Gasteiger partial charge on any atom is 0.325 e. The summed E-state index contributed by atoms with van der Waals surface area (Å²) in [6.45, 7) is 0. The Morgan fingerprint density at radius 3 is 2.81 bits per heavy atom. The van der Waals surface area contributed by atoms with Crippen LogP contribution in [0.15, 0.2) is 35.8 Å². The molecule has 0 saturated carbocycles. The number of rotatable bonds is 2. The van der Waals surface area contributed by atoms with E-state index in [0.29, 0.717) is 5.82 Å². The molecule has 0 spiro atoms. The number of hydrogen-bond donors (Lipinski definition) is 2. The van der Waals surface area contributed by atoms with E-state index in [4.69, 9.17) is 0 Å². The maximum absolute atomic E-state index is 12.5. The van der Waals surface area contributed by atoms with Crippen LogP contribution in [0.2, 0.25) is 0 Å². The van der Waals surface area contributed by atoms with Gasteiger partial charge >= 0.3 is 6.03 Å². The zero-order valence-electron chi connectivity index (χ0n) is 8.11. The number of pyridine rings is 1. The molecule has 0 fully saturated rings. The molecule has 2 aromatic heterocycles. The summed E-state index contributed by atoms with van der Waals surface area (Å²) in [5.41, 5.74) is 0. The minimum atomic E-state index is -0.441. The minimum Gasteiger partial charge on any atom is -0.299 e. The highest BCUT2D eigenvalue weighted by Gasteiger charge is 2.03. The summed E-state index contributed by atoms with van der Waals surface area (Å²) in [7, 11) is 0. The number of anilines is 2. The first-order chi connectivity index (χ1) is 7.74. The van der Waals surface area contributed by atoms with Crippen LogP contribution in [-0.4, -0.2) is 11.0 Å². The van der Waals surface area contributed by atoms with Gasteiger partial charge in [-0.15, -0.1) is 11.3 Å². The number of carbonyl (C=O) groups excluding carboxylic acids is 1. The largest absolute Gasteiger partial charge is 0.325 e. The lowest BCUT2D eigenvalue weighted by Gasteiger charge is -2.04. The van der Waals surface area contributed by atoms with Crippen molar-refractivity contribution in [2.45, 2.75) is 0 Å². The third-order valence-corrected chi connectivity index (χ3v) is 2.51. The minimum absolute atomic E-state index is 0.301. The Labute approximate surface area is 95.1 Å². The molecule has 16 heavy (non-hydrogen) atoms. The van der Waals surface area contributed by atoms with Crippen molar-refractivity contribution in [2.75, 3.05) is 10.6 Å². The molecule has 6 heteroatoms. The van der Waals surface area contributed by atoms with Crippen molar-refractivity contribution >= 4 is 28.2 Å². The lowest BCUT2D eigenvalue weighted by atomic mass is 10.4. The summed E-state index contributed by atoms with van der Waals surface area (Å²) in [5.74, 6) is -0.139. The third kappa shape index (κ3) is 2.77. The average Bonchev–Trinajstić information content (AvgIpc) is 2.74. The van der Waals surface area contributed by atoms with Gasteiger partial charge in [0.15, 0.2) is 0 Å². The van der Waals surface area contributed by atoms with E-state index in [2.05, 4.69) is 15.6 Å². The van der Waals surface area contributed by atoms with Gasteiger partial charge in [0.2, 0.25) is 0 Å². The summed E-state index contributed by atoms with van der Waals surface area (Å²) in [4.78, 5) is 15.1. The van der Waals surface area contributed by atoms with Crippen molar-refractivity contribution in [1.29, 1.82) is 0 Å². The van der Waals surface area contributed by atoms with Crippen LogP contribution in [0.5, 0.6) is 0 Å². The lowest BCUT2D eigenvalue weighted by Crippen LogP contribution is -2.19. The van der Waals surface area contributed by atoms with Gasteiger partial charge in [0.25, 0.3) is 0 Å². The van der Waals surface area contributed by atoms with Crippen LogP contribution in [0.25, 0.3) is 0 Å². The molecule has 0 aromatic carbocycles. The Morgan fingerprint density at radius 2 is 2.19 bits per heavy atom. The Balaban J connectivity index is 1.95. The van der Waals surface area contributed by atoms with Crippen molar-refractivity contribution in [3.05, 3.63) is 41.7 Å². The number of hydrogen-bond acceptors (Lipinski definition) is 3. The van der Waals surface area contributed by atoms with Crippen molar-refractivity contribution in [3.63, 3.8) is 0 Å². The van der Waals surface area contributed by atoms with E-state index in [1.54, 1.807) is 6.07 Å². The van der Waals surface area contributed by atoms with E-state index < -0.39 is 11.8 Å². The fourth-order valence-corrected chi connectivity index (χ4v) is 1.67. The Bertz CT molecular complexity index is 469. The monoisotopic (exact) mass is 237 g/mol. The number of nitrogens with one attached hydrogen (secondary N) is 2. The van der Waals surface area contributed by atoms with Gasteiger partial charge in [-0.25, -0.2) is 14.2 Å². The fraction of sp³-hybridized carbons (Fsp3) is 0. The summed E-state index contributed by atoms with van der Waals surface area (Å²) in [6, 6.07) is 5.83. The number of urea groups is 1. The Hall–Kier alpha value is -1.95. The van der Waals surface area contributed by atoms with Gasteiger partial charge < -0.3 is 0 Å². The third-order valence-electron chi connectivity index (χ3n) is 1.73. The normalized spacial score (nSPS) is 9.81. The maximum atomic E-state index is 12.5. The van der Waals surface area contributed by atoms with E-state index in [1.165, 1.54) is 23.5 Å². The number of halogens is 1. The molecular formula is C10H8FN3OS. The van der Waals surface area contributed by atoms with E-state index in [-0.39, 0.29) is 0 Å². The van der Waals surface area contributed by atoms with Gasteiger partial charge in [-0.05, 0) is 29.6 Å². The number of nitrogens with zero attached hydrogens (tertiary/aromatic N) is 1. The second-order valence-corrected chi connectivity index (χ2v) is 3.87. The van der Waals surface area contributed by atoms with Crippen molar-refractivity contribution < 1.29 is 9.18 Å². The van der Waals surface area contributed by atoms with E-state index in [1.807, 2.05) is 11.4 Å². The lowest BCUT2D eigenvalue weighted by molar-refractivity contribution is 0.262. The molecule has 4 nitrogen and oxygen atoms in total. The molecule has 0 aliphatic carbocycles. The van der Waals surface area contributed by atoms with Gasteiger partial charge in [0.05, 0.1) is 11.2 Å². The number of amides is 2. The van der Waals surface area contributed by atoms with Gasteiger partial charge in [0, 0.05) is 0 Å². The van der Waals surface area contributed by atoms with Gasteiger partial charge in [-0.1, -0.05) is 0 Å². The molecule has 2 aromatic rings. The van der Waals surface area contributed by atoms with Crippen LogP contribution in [-0.2, 0) is 0 Å². The zero-order valence-corrected chi connectivity index (χ0v) is 8.92. The molecule has 2 heterocycles. The predicted molar refractivity (Wildman–Crippen MR) is 61.2 cm³/mol. The number of thiophene rings is 1. The van der Waals surface area contributed by atoms with Crippen LogP contribution >= 0.6 is 11.3 Å². The molecule has 0 radical (unpaired) electrons. The first kappa shape index (κ1) is 10.6. The topological polar surface area (TPSA) is 54.0 Å². The molecule has 82 valence electrons. The van der Waals surface area contributed by atoms with Gasteiger partial charge in [0.1, 0.15) is 11.6 Å². The van der Waals surface area contributed by atoms with Crippen LogP contribution in [0.1, 0.15) is 0 Å². The van der Waals surface area contributed by atoms with Crippen LogP contribution in [0.4, 0.5) is 20.0 Å². The highest BCUT2D eigenvalue weighted by molar-refractivity contribution is 7.14. The highest BCUT2D eigenvalue weighted by Crippen LogP contribution is 2.15. The number of aromatic nitrogens is 1. The molecule has 0 aliphatic heterocycles. The number of carbonyl (C=O) groups is 1. The molecule has 0 bridgehead atoms. The van der Waals surface area contributed by atoms with Crippen molar-refractivity contribution in [1.82, 2.24) is 4.98 Å². The summed E-state index contributed by atoms with van der Waals surface area (Å²) in [5, 5.41) is 7.69. The molecule has 2 rings (SSSR count). The second kappa shape index (κ2) is 4.71. The SMILES string of the molecule is O=C(Nc1ccc(F)cn1)Nc1cccs1. The van der Waals surface area contributed by atoms with Crippen molar-refractivity contribution in [3.8, 4) is 0 Å². The summed E-state index contributed by atoms with van der Waals surface area (Å²) in [6.07, 6.45) is 1.04. The zero-order chi connectivity index (χ0) is 11.4. The molecule has 0 saturated heterocycles. The van der Waals surface area contributed by atoms with Gasteiger partial charge in [-0.3, -0.25) is 10.6 Å². The molecule has 2 amide bonds.